The van der Waals surface area contributed by atoms with Crippen molar-refractivity contribution in [3.63, 3.8) is 0 Å². The minimum atomic E-state index is -0.870. The smallest absolute Gasteiger partial charge is 0.237 e. The van der Waals surface area contributed by atoms with E-state index in [2.05, 4.69) is 26.1 Å². The summed E-state index contributed by atoms with van der Waals surface area (Å²) in [7, 11) is 0. The van der Waals surface area contributed by atoms with Crippen LogP contribution in [0.25, 0.3) is 11.4 Å². The Labute approximate surface area is 137 Å². The summed E-state index contributed by atoms with van der Waals surface area (Å²) >= 11 is 4.68. The molecule has 0 saturated carbocycles. The lowest BCUT2D eigenvalue weighted by atomic mass is 10.2. The molecule has 0 saturated heterocycles. The molecule has 0 unspecified atom stereocenters. The van der Waals surface area contributed by atoms with Crippen LogP contribution in [0.1, 0.15) is 5.89 Å². The standard InChI is InChI=1S/C15H9BrF2N2OS/c16-10-3-1-2-9(6-10)15-19-14(21-20-15)8-22-11-4-5-12(17)13(18)7-11/h1-7H,8H2. The summed E-state index contributed by atoms with van der Waals surface area (Å²) in [5.74, 6) is -0.442. The van der Waals surface area contributed by atoms with Crippen LogP contribution in [0.2, 0.25) is 0 Å². The lowest BCUT2D eigenvalue weighted by molar-refractivity contribution is 0.391. The zero-order valence-electron chi connectivity index (χ0n) is 11.1. The van der Waals surface area contributed by atoms with Crippen LogP contribution >= 0.6 is 27.7 Å². The Morgan fingerprint density at radius 3 is 2.73 bits per heavy atom. The van der Waals surface area contributed by atoms with Crippen molar-refractivity contribution in [3.8, 4) is 11.4 Å². The first-order chi connectivity index (χ1) is 10.6. The van der Waals surface area contributed by atoms with Gasteiger partial charge >= 0.3 is 0 Å². The SMILES string of the molecule is Fc1ccc(SCc2nc(-c3cccc(Br)c3)no2)cc1F. The zero-order valence-corrected chi connectivity index (χ0v) is 13.5. The van der Waals surface area contributed by atoms with Gasteiger partial charge in [0.2, 0.25) is 11.7 Å². The van der Waals surface area contributed by atoms with Gasteiger partial charge in [-0.2, -0.15) is 4.98 Å². The number of aromatic nitrogens is 2. The second kappa shape index (κ2) is 6.58. The minimum Gasteiger partial charge on any atom is -0.338 e. The van der Waals surface area contributed by atoms with E-state index in [4.69, 9.17) is 4.52 Å². The van der Waals surface area contributed by atoms with Crippen molar-refractivity contribution in [2.24, 2.45) is 0 Å². The van der Waals surface area contributed by atoms with Crippen LogP contribution in [0.4, 0.5) is 8.78 Å². The lowest BCUT2D eigenvalue weighted by Crippen LogP contribution is -1.85. The van der Waals surface area contributed by atoms with Crippen LogP contribution in [0.5, 0.6) is 0 Å². The van der Waals surface area contributed by atoms with E-state index in [1.54, 1.807) is 0 Å². The summed E-state index contributed by atoms with van der Waals surface area (Å²) < 4.78 is 32.1. The van der Waals surface area contributed by atoms with E-state index >= 15 is 0 Å². The van der Waals surface area contributed by atoms with Gasteiger partial charge in [0.25, 0.3) is 0 Å². The van der Waals surface area contributed by atoms with Crippen LogP contribution in [0, 0.1) is 11.6 Å². The first-order valence-corrected chi connectivity index (χ1v) is 8.06. The molecule has 1 heterocycles. The first kappa shape index (κ1) is 15.2. The third-order valence-corrected chi connectivity index (χ3v) is 4.28. The fourth-order valence-electron chi connectivity index (χ4n) is 1.77. The van der Waals surface area contributed by atoms with Crippen LogP contribution < -0.4 is 0 Å². The Hall–Kier alpha value is -1.73. The molecule has 3 nitrogen and oxygen atoms in total. The van der Waals surface area contributed by atoms with Gasteiger partial charge in [-0.15, -0.1) is 11.8 Å². The number of thioether (sulfide) groups is 1. The maximum Gasteiger partial charge on any atom is 0.237 e. The van der Waals surface area contributed by atoms with Crippen LogP contribution in [-0.2, 0) is 5.75 Å². The molecule has 0 fully saturated rings. The average molecular weight is 383 g/mol. The minimum absolute atomic E-state index is 0.381. The summed E-state index contributed by atoms with van der Waals surface area (Å²) in [6, 6.07) is 11.3. The third kappa shape index (κ3) is 3.53. The van der Waals surface area contributed by atoms with E-state index in [9.17, 15) is 8.78 Å². The molecule has 2 aromatic carbocycles. The molecule has 0 spiro atoms. The van der Waals surface area contributed by atoms with Gasteiger partial charge in [-0.1, -0.05) is 33.2 Å². The van der Waals surface area contributed by atoms with Crippen LogP contribution in [0.3, 0.4) is 0 Å². The van der Waals surface area contributed by atoms with Crippen molar-refractivity contribution in [3.05, 3.63) is 64.5 Å². The molecule has 0 atom stereocenters. The van der Waals surface area contributed by atoms with Gasteiger partial charge in [0, 0.05) is 14.9 Å². The predicted molar refractivity (Wildman–Crippen MR) is 83.4 cm³/mol. The molecular formula is C15H9BrF2N2OS. The molecule has 0 aliphatic heterocycles. The Bertz CT molecular complexity index is 810. The highest BCUT2D eigenvalue weighted by Gasteiger charge is 2.10. The van der Waals surface area contributed by atoms with Crippen molar-refractivity contribution in [1.82, 2.24) is 10.1 Å². The van der Waals surface area contributed by atoms with E-state index in [0.29, 0.717) is 22.4 Å². The van der Waals surface area contributed by atoms with Crippen molar-refractivity contribution in [2.45, 2.75) is 10.6 Å². The second-order valence-corrected chi connectivity index (χ2v) is 6.35. The summed E-state index contributed by atoms with van der Waals surface area (Å²) in [6.45, 7) is 0. The highest BCUT2D eigenvalue weighted by atomic mass is 79.9. The topological polar surface area (TPSA) is 38.9 Å². The average Bonchev–Trinajstić information content (AvgIpc) is 2.97. The van der Waals surface area contributed by atoms with Gasteiger partial charge in [-0.3, -0.25) is 0 Å². The summed E-state index contributed by atoms with van der Waals surface area (Å²) in [6.07, 6.45) is 0. The number of rotatable bonds is 4. The van der Waals surface area contributed by atoms with Crippen molar-refractivity contribution in [1.29, 1.82) is 0 Å². The molecule has 3 rings (SSSR count). The van der Waals surface area contributed by atoms with Gasteiger partial charge in [0.15, 0.2) is 11.6 Å². The van der Waals surface area contributed by atoms with Crippen molar-refractivity contribution < 1.29 is 13.3 Å². The molecule has 0 aliphatic carbocycles. The van der Waals surface area contributed by atoms with Gasteiger partial charge < -0.3 is 4.52 Å². The molecule has 0 aliphatic rings. The monoisotopic (exact) mass is 382 g/mol. The molecule has 0 radical (unpaired) electrons. The zero-order chi connectivity index (χ0) is 15.5. The molecule has 1 aromatic heterocycles. The van der Waals surface area contributed by atoms with Crippen LogP contribution in [0.15, 0.2) is 56.4 Å². The highest BCUT2D eigenvalue weighted by Crippen LogP contribution is 2.25. The van der Waals surface area contributed by atoms with E-state index in [-0.39, 0.29) is 0 Å². The van der Waals surface area contributed by atoms with Crippen molar-refractivity contribution in [2.75, 3.05) is 0 Å². The maximum absolute atomic E-state index is 13.1. The van der Waals surface area contributed by atoms with E-state index < -0.39 is 11.6 Å². The molecule has 0 bridgehead atoms. The van der Waals surface area contributed by atoms with Crippen LogP contribution in [-0.4, -0.2) is 10.1 Å². The van der Waals surface area contributed by atoms with Gasteiger partial charge in [0.1, 0.15) is 0 Å². The van der Waals surface area contributed by atoms with Gasteiger partial charge in [-0.05, 0) is 30.3 Å². The molecule has 0 amide bonds. The summed E-state index contributed by atoms with van der Waals surface area (Å²) in [5.41, 5.74) is 0.835. The van der Waals surface area contributed by atoms with Gasteiger partial charge in [-0.25, -0.2) is 8.78 Å². The fraction of sp³-hybridized carbons (Fsp3) is 0.0667. The fourth-order valence-corrected chi connectivity index (χ4v) is 2.93. The Morgan fingerprint density at radius 2 is 1.95 bits per heavy atom. The van der Waals surface area contributed by atoms with E-state index in [1.807, 2.05) is 24.3 Å². The number of hydrogen-bond acceptors (Lipinski definition) is 4. The highest BCUT2D eigenvalue weighted by molar-refractivity contribution is 9.10. The second-order valence-electron chi connectivity index (χ2n) is 4.39. The summed E-state index contributed by atoms with van der Waals surface area (Å²) in [4.78, 5) is 4.89. The molecule has 22 heavy (non-hydrogen) atoms. The molecule has 3 aromatic rings. The largest absolute Gasteiger partial charge is 0.338 e. The lowest BCUT2D eigenvalue weighted by Gasteiger charge is -1.99. The Morgan fingerprint density at radius 1 is 1.09 bits per heavy atom. The molecule has 0 N–H and O–H groups in total. The third-order valence-electron chi connectivity index (χ3n) is 2.80. The Balaban J connectivity index is 1.70. The summed E-state index contributed by atoms with van der Waals surface area (Å²) in [5, 5.41) is 3.92. The maximum atomic E-state index is 13.1. The van der Waals surface area contributed by atoms with E-state index in [1.165, 1.54) is 17.8 Å². The number of hydrogen-bond donors (Lipinski definition) is 0. The van der Waals surface area contributed by atoms with E-state index in [0.717, 1.165) is 22.2 Å². The molecule has 7 heteroatoms. The Kier molecular flexibility index (Phi) is 4.54. The quantitative estimate of drug-likeness (QED) is 0.590. The van der Waals surface area contributed by atoms with Gasteiger partial charge in [0.05, 0.1) is 5.75 Å². The molecule has 112 valence electrons. The number of nitrogens with zero attached hydrogens (tertiary/aromatic N) is 2. The van der Waals surface area contributed by atoms with Crippen molar-refractivity contribution >= 4 is 27.7 Å². The first-order valence-electron chi connectivity index (χ1n) is 6.28. The predicted octanol–water partition coefficient (Wildman–Crippen LogP) is 5.07. The number of benzene rings is 2. The number of halogens is 3. The normalized spacial score (nSPS) is 10.9. The molecular weight excluding hydrogens is 374 g/mol.